The van der Waals surface area contributed by atoms with Crippen molar-refractivity contribution >= 4 is 17.6 Å². The molecule has 3 amide bonds. The van der Waals surface area contributed by atoms with Crippen molar-refractivity contribution in [2.24, 2.45) is 0 Å². The molecule has 0 saturated heterocycles. The summed E-state index contributed by atoms with van der Waals surface area (Å²) in [7, 11) is 1.45. The Balaban J connectivity index is 1.88. The first-order valence-corrected chi connectivity index (χ1v) is 6.60. The Kier molecular flexibility index (Phi) is 4.57. The third-order valence-corrected chi connectivity index (χ3v) is 3.21. The minimum atomic E-state index is -0.677. The Morgan fingerprint density at radius 3 is 2.90 bits per heavy atom. The number of anilines is 1. The van der Waals surface area contributed by atoms with Crippen LogP contribution in [0.2, 0.25) is 0 Å². The van der Waals surface area contributed by atoms with Crippen LogP contribution in [-0.2, 0) is 16.0 Å². The summed E-state index contributed by atoms with van der Waals surface area (Å²) in [6.07, 6.45) is -0.0134. The normalized spacial score (nSPS) is 18.4. The summed E-state index contributed by atoms with van der Waals surface area (Å²) < 4.78 is 5.70. The third-order valence-electron chi connectivity index (χ3n) is 3.21. The number of hydrogen-bond acceptors (Lipinski definition) is 4. The van der Waals surface area contributed by atoms with Crippen LogP contribution in [0, 0.1) is 0 Å². The highest BCUT2D eigenvalue weighted by atomic mass is 16.5. The first kappa shape index (κ1) is 14.3. The number of imide groups is 1. The second-order valence-corrected chi connectivity index (χ2v) is 4.71. The van der Waals surface area contributed by atoms with Gasteiger partial charge in [0.25, 0.3) is 5.91 Å². The zero-order valence-electron chi connectivity index (χ0n) is 11.6. The van der Waals surface area contributed by atoms with Gasteiger partial charge in [0.15, 0.2) is 0 Å². The molecule has 0 spiro atoms. The Hall–Kier alpha value is -2.08. The van der Waals surface area contributed by atoms with Gasteiger partial charge < -0.3 is 15.4 Å². The van der Waals surface area contributed by atoms with Gasteiger partial charge in [0.05, 0.1) is 6.10 Å². The van der Waals surface area contributed by atoms with E-state index in [1.165, 1.54) is 12.6 Å². The molecule has 1 aliphatic rings. The van der Waals surface area contributed by atoms with Crippen molar-refractivity contribution in [3.8, 4) is 0 Å². The number of carbonyl (C=O) groups is 2. The van der Waals surface area contributed by atoms with Gasteiger partial charge in [-0.2, -0.15) is 0 Å². The van der Waals surface area contributed by atoms with E-state index < -0.39 is 18.0 Å². The van der Waals surface area contributed by atoms with Crippen LogP contribution >= 0.6 is 0 Å². The minimum Gasteiger partial charge on any atom is -0.382 e. The van der Waals surface area contributed by atoms with Gasteiger partial charge in [0.1, 0.15) is 6.10 Å². The molecule has 0 fully saturated rings. The number of benzene rings is 1. The minimum absolute atomic E-state index is 0.0877. The number of nitrogens with one attached hydrogen (secondary N) is 3. The van der Waals surface area contributed by atoms with E-state index in [4.69, 9.17) is 4.74 Å². The zero-order valence-corrected chi connectivity index (χ0v) is 11.6. The van der Waals surface area contributed by atoms with Crippen LogP contribution < -0.4 is 16.0 Å². The first-order chi connectivity index (χ1) is 9.60. The topological polar surface area (TPSA) is 79.5 Å². The molecule has 0 aliphatic carbocycles. The maximum Gasteiger partial charge on any atom is 0.321 e. The molecule has 2 atom stereocenters. The summed E-state index contributed by atoms with van der Waals surface area (Å²) in [5.74, 6) is -0.441. The van der Waals surface area contributed by atoms with Gasteiger partial charge in [0, 0.05) is 25.7 Å². The predicted octanol–water partition coefficient (Wildman–Crippen LogP) is 0.884. The van der Waals surface area contributed by atoms with Crippen molar-refractivity contribution in [3.05, 3.63) is 29.8 Å². The average molecular weight is 277 g/mol. The molecule has 1 aliphatic heterocycles. The van der Waals surface area contributed by atoms with Gasteiger partial charge in [-0.05, 0) is 18.6 Å². The molecule has 6 nitrogen and oxygen atoms in total. The van der Waals surface area contributed by atoms with Gasteiger partial charge in [-0.15, -0.1) is 0 Å². The number of amides is 3. The van der Waals surface area contributed by atoms with Crippen LogP contribution in [0.4, 0.5) is 10.5 Å². The molecular formula is C14H19N3O3. The monoisotopic (exact) mass is 277 g/mol. The van der Waals surface area contributed by atoms with Crippen molar-refractivity contribution in [1.82, 2.24) is 10.6 Å². The number of fused-ring (bicyclic) bond motifs is 1. The van der Waals surface area contributed by atoms with E-state index in [0.29, 0.717) is 6.54 Å². The lowest BCUT2D eigenvalue weighted by Crippen LogP contribution is -2.45. The molecule has 2 rings (SSSR count). The van der Waals surface area contributed by atoms with E-state index >= 15 is 0 Å². The molecule has 1 heterocycles. The van der Waals surface area contributed by atoms with Crippen molar-refractivity contribution in [2.45, 2.75) is 25.6 Å². The fourth-order valence-corrected chi connectivity index (χ4v) is 2.13. The zero-order chi connectivity index (χ0) is 14.5. The molecular weight excluding hydrogens is 258 g/mol. The largest absolute Gasteiger partial charge is 0.382 e. The molecule has 3 N–H and O–H groups in total. The first-order valence-electron chi connectivity index (χ1n) is 6.60. The fraction of sp³-hybridized carbons (Fsp3) is 0.429. The summed E-state index contributed by atoms with van der Waals surface area (Å²) >= 11 is 0. The molecule has 1 aromatic carbocycles. The Labute approximate surface area is 117 Å². The number of ether oxygens (including phenoxy) is 1. The number of hydrogen-bond donors (Lipinski definition) is 3. The van der Waals surface area contributed by atoms with E-state index in [0.717, 1.165) is 12.1 Å². The molecule has 1 aromatic rings. The van der Waals surface area contributed by atoms with E-state index in [1.54, 1.807) is 6.92 Å². The van der Waals surface area contributed by atoms with Crippen molar-refractivity contribution in [1.29, 1.82) is 0 Å². The van der Waals surface area contributed by atoms with E-state index in [2.05, 4.69) is 16.0 Å². The molecule has 108 valence electrons. The average Bonchev–Trinajstić information content (AvgIpc) is 2.46. The second kappa shape index (κ2) is 6.38. The second-order valence-electron chi connectivity index (χ2n) is 4.71. The Morgan fingerprint density at radius 1 is 1.40 bits per heavy atom. The van der Waals surface area contributed by atoms with Gasteiger partial charge in [0.2, 0.25) is 0 Å². The molecule has 2 unspecified atom stereocenters. The van der Waals surface area contributed by atoms with Crippen molar-refractivity contribution in [2.75, 3.05) is 18.9 Å². The van der Waals surface area contributed by atoms with E-state index in [9.17, 15) is 9.59 Å². The number of urea groups is 1. The highest BCUT2D eigenvalue weighted by Crippen LogP contribution is 2.22. The van der Waals surface area contributed by atoms with Crippen LogP contribution in [0.15, 0.2) is 24.3 Å². The maximum atomic E-state index is 11.7. The van der Waals surface area contributed by atoms with Crippen LogP contribution in [-0.4, -0.2) is 37.7 Å². The molecule has 0 bridgehead atoms. The van der Waals surface area contributed by atoms with E-state index in [-0.39, 0.29) is 6.10 Å². The molecule has 0 radical (unpaired) electrons. The summed E-state index contributed by atoms with van der Waals surface area (Å²) in [4.78, 5) is 22.8. The number of rotatable bonds is 3. The number of para-hydroxylation sites is 1. The fourth-order valence-electron chi connectivity index (χ4n) is 2.13. The summed E-state index contributed by atoms with van der Waals surface area (Å²) in [5.41, 5.74) is 2.28. The highest BCUT2D eigenvalue weighted by molar-refractivity contribution is 5.96. The van der Waals surface area contributed by atoms with Crippen LogP contribution in [0.25, 0.3) is 0 Å². The molecule has 0 saturated carbocycles. The smallest absolute Gasteiger partial charge is 0.321 e. The van der Waals surface area contributed by atoms with Crippen LogP contribution in [0.1, 0.15) is 12.5 Å². The lowest BCUT2D eigenvalue weighted by atomic mass is 10.0. The van der Waals surface area contributed by atoms with Crippen molar-refractivity contribution in [3.63, 3.8) is 0 Å². The Morgan fingerprint density at radius 2 is 2.15 bits per heavy atom. The number of carbonyl (C=O) groups excluding carboxylic acids is 2. The van der Waals surface area contributed by atoms with Crippen LogP contribution in [0.3, 0.4) is 0 Å². The highest BCUT2D eigenvalue weighted by Gasteiger charge is 2.24. The molecule has 20 heavy (non-hydrogen) atoms. The van der Waals surface area contributed by atoms with Gasteiger partial charge in [-0.1, -0.05) is 18.2 Å². The van der Waals surface area contributed by atoms with Gasteiger partial charge in [-0.25, -0.2) is 4.79 Å². The maximum absolute atomic E-state index is 11.7. The molecule has 6 heteroatoms. The summed E-state index contributed by atoms with van der Waals surface area (Å²) in [5, 5.41) is 7.81. The molecule has 0 aromatic heterocycles. The lowest BCUT2D eigenvalue weighted by molar-refractivity contribution is -0.133. The van der Waals surface area contributed by atoms with Gasteiger partial charge >= 0.3 is 6.03 Å². The standard InChI is InChI=1S/C14H19N3O3/c1-9(13(18)17-14(19)15-2)20-11-7-10-5-3-4-6-12(10)16-8-11/h3-6,9,11,16H,7-8H2,1-2H3,(H2,15,17,18,19). The van der Waals surface area contributed by atoms with Gasteiger partial charge in [-0.3, -0.25) is 10.1 Å². The van der Waals surface area contributed by atoms with Crippen LogP contribution in [0.5, 0.6) is 0 Å². The van der Waals surface area contributed by atoms with E-state index in [1.807, 2.05) is 24.3 Å². The summed E-state index contributed by atoms with van der Waals surface area (Å²) in [6.45, 7) is 2.29. The predicted molar refractivity (Wildman–Crippen MR) is 75.6 cm³/mol. The quantitative estimate of drug-likeness (QED) is 0.766. The summed E-state index contributed by atoms with van der Waals surface area (Å²) in [6, 6.07) is 7.48. The SMILES string of the molecule is CNC(=O)NC(=O)C(C)OC1CNc2ccccc2C1. The lowest BCUT2D eigenvalue weighted by Gasteiger charge is -2.28. The Bertz CT molecular complexity index is 504. The third kappa shape index (κ3) is 3.48. The van der Waals surface area contributed by atoms with Crippen molar-refractivity contribution < 1.29 is 14.3 Å².